The zero-order valence-electron chi connectivity index (χ0n) is 6.47. The first-order valence-electron chi connectivity index (χ1n) is 3.75. The molecule has 0 N–H and O–H groups in total. The summed E-state index contributed by atoms with van der Waals surface area (Å²) in [5, 5.41) is 0. The molecule has 0 aromatic rings. The molecule has 0 radical (unpaired) electrons. The number of rotatable bonds is 1. The molecule has 0 aromatic heterocycles. The van der Waals surface area contributed by atoms with Crippen molar-refractivity contribution in [3.8, 4) is 0 Å². The molecule has 0 heterocycles. The normalized spacial score (nSPS) is 22.9. The van der Waals surface area contributed by atoms with Gasteiger partial charge in [0.25, 0.3) is 0 Å². The van der Waals surface area contributed by atoms with Crippen molar-refractivity contribution in [2.45, 2.75) is 31.3 Å². The second-order valence-electron chi connectivity index (χ2n) is 3.03. The van der Waals surface area contributed by atoms with E-state index in [1.807, 2.05) is 0 Å². The van der Waals surface area contributed by atoms with Crippen LogP contribution in [-0.4, -0.2) is 24.4 Å². The lowest BCUT2D eigenvalue weighted by atomic mass is 9.99. The van der Waals surface area contributed by atoms with E-state index in [2.05, 4.69) is 13.0 Å². The molecule has 10 heavy (non-hydrogen) atoms. The van der Waals surface area contributed by atoms with Crippen LogP contribution in [0.4, 0.5) is 0 Å². The van der Waals surface area contributed by atoms with E-state index >= 15 is 0 Å². The van der Waals surface area contributed by atoms with Gasteiger partial charge in [0.1, 0.15) is 11.4 Å². The predicted octanol–water partition coefficient (Wildman–Crippen LogP) is 2.04. The van der Waals surface area contributed by atoms with Gasteiger partial charge in [0, 0.05) is 12.8 Å². The lowest BCUT2D eigenvalue weighted by Crippen LogP contribution is -2.14. The van der Waals surface area contributed by atoms with E-state index in [0.29, 0.717) is 5.78 Å². The first-order chi connectivity index (χ1) is 4.70. The van der Waals surface area contributed by atoms with Crippen molar-refractivity contribution in [1.82, 2.24) is 0 Å². The predicted molar refractivity (Wildman–Crippen MR) is 47.2 cm³/mol. The Morgan fingerprint density at radius 2 is 2.00 bits per heavy atom. The summed E-state index contributed by atoms with van der Waals surface area (Å²) in [4.78, 5) is 10.8. The molecule has 1 rings (SSSR count). The van der Waals surface area contributed by atoms with Gasteiger partial charge in [-0.1, -0.05) is 0 Å². The van der Waals surface area contributed by atoms with Gasteiger partial charge < -0.3 is 0 Å². The Hall–Kier alpha value is -0.160. The Balaban J connectivity index is 2.40. The average molecular weight is 157 g/mol. The largest absolute Gasteiger partial charge is 0.300 e. The van der Waals surface area contributed by atoms with Crippen LogP contribution in [0.25, 0.3) is 0 Å². The molecule has 0 bridgehead atoms. The number of Topliss-reactive ketones (excluding diaryl/α,β-unsaturated/α-hetero) is 1. The van der Waals surface area contributed by atoms with E-state index in [1.165, 1.54) is 0 Å². The fraction of sp³-hybridized carbons (Fsp3) is 0.750. The topological polar surface area (TPSA) is 17.1 Å². The quantitative estimate of drug-likeness (QED) is 0.532. The van der Waals surface area contributed by atoms with Gasteiger partial charge in [-0.05, 0) is 12.8 Å². The fourth-order valence-electron chi connectivity index (χ4n) is 1.37. The van der Waals surface area contributed by atoms with Gasteiger partial charge in [0.15, 0.2) is 0 Å². The van der Waals surface area contributed by atoms with Crippen molar-refractivity contribution in [3.63, 3.8) is 0 Å². The van der Waals surface area contributed by atoms with Crippen LogP contribution in [0.15, 0.2) is 0 Å². The summed E-state index contributed by atoms with van der Waals surface area (Å²) >= 11 is 0. The summed E-state index contributed by atoms with van der Waals surface area (Å²) < 4.78 is 0. The van der Waals surface area contributed by atoms with Crippen LogP contribution in [-0.2, 0) is 4.79 Å². The molecule has 1 aliphatic carbocycles. The second-order valence-corrected chi connectivity index (χ2v) is 5.27. The van der Waals surface area contributed by atoms with Crippen molar-refractivity contribution >= 4 is 19.6 Å². The Bertz CT molecular complexity index is 153. The lowest BCUT2D eigenvalue weighted by molar-refractivity contribution is -0.120. The summed E-state index contributed by atoms with van der Waals surface area (Å²) in [6.07, 6.45) is 7.87. The first kappa shape index (κ1) is 7.94. The zero-order chi connectivity index (χ0) is 7.56. The maximum absolute atomic E-state index is 10.8. The molecular weight excluding hydrogens is 143 g/mol. The van der Waals surface area contributed by atoms with Gasteiger partial charge in [-0.2, -0.15) is 0 Å². The minimum absolute atomic E-state index is 0.0399. The summed E-state index contributed by atoms with van der Waals surface area (Å²) in [5.74, 6) is 0.452. The number of carbonyl (C=O) groups is 1. The van der Waals surface area contributed by atoms with Crippen molar-refractivity contribution in [2.75, 3.05) is 6.66 Å². The first-order valence-corrected chi connectivity index (χ1v) is 5.79. The van der Waals surface area contributed by atoms with Gasteiger partial charge >= 0.3 is 0 Å². The summed E-state index contributed by atoms with van der Waals surface area (Å²) in [6, 6.07) is 0. The molecule has 1 unspecified atom stereocenters. The Labute approximate surface area is 63.2 Å². The number of ketones is 1. The highest BCUT2D eigenvalue weighted by atomic mass is 31.1. The molecular formula is C8H14OP+. The fourth-order valence-corrected chi connectivity index (χ4v) is 2.51. The summed E-state index contributed by atoms with van der Waals surface area (Å²) in [5.41, 5.74) is 0.771. The van der Waals surface area contributed by atoms with E-state index in [1.54, 1.807) is 0 Å². The number of carbonyl (C=O) groups excluding carboxylic acids is 1. The van der Waals surface area contributed by atoms with E-state index < -0.39 is 0 Å². The maximum atomic E-state index is 10.8. The molecule has 56 valence electrons. The highest BCUT2D eigenvalue weighted by molar-refractivity contribution is 7.55. The van der Waals surface area contributed by atoms with E-state index in [-0.39, 0.29) is 7.55 Å². The minimum Gasteiger partial charge on any atom is -0.300 e. The van der Waals surface area contributed by atoms with Gasteiger partial charge in [-0.3, -0.25) is 4.79 Å². The van der Waals surface area contributed by atoms with Gasteiger partial charge in [0.05, 0.1) is 20.5 Å². The zero-order valence-corrected chi connectivity index (χ0v) is 7.36. The molecule has 2 heteroatoms. The molecule has 0 aromatic carbocycles. The monoisotopic (exact) mass is 157 g/mol. The van der Waals surface area contributed by atoms with Crippen molar-refractivity contribution in [2.24, 2.45) is 0 Å². The average Bonchev–Trinajstić information content (AvgIpc) is 1.88. The van der Waals surface area contributed by atoms with Crippen LogP contribution in [0.2, 0.25) is 0 Å². The van der Waals surface area contributed by atoms with Crippen LogP contribution in [0.5, 0.6) is 0 Å². The summed E-state index contributed by atoms with van der Waals surface area (Å²) in [7, 11) is -0.0399. The number of hydrogen-bond acceptors (Lipinski definition) is 1. The highest BCUT2D eigenvalue weighted by Gasteiger charge is 2.24. The third kappa shape index (κ3) is 1.91. The Morgan fingerprint density at radius 3 is 2.40 bits per heavy atom. The van der Waals surface area contributed by atoms with Crippen LogP contribution in [0.1, 0.15) is 25.7 Å². The smallest absolute Gasteiger partial charge is 0.133 e. The van der Waals surface area contributed by atoms with Gasteiger partial charge in [-0.25, -0.2) is 0 Å². The van der Waals surface area contributed by atoms with Crippen molar-refractivity contribution < 1.29 is 4.79 Å². The minimum atomic E-state index is -0.0399. The van der Waals surface area contributed by atoms with E-state index in [9.17, 15) is 4.79 Å². The number of hydrogen-bond donors (Lipinski definition) is 0. The lowest BCUT2D eigenvalue weighted by Gasteiger charge is -2.13. The SMILES string of the molecule is C=[P+](C)C1CCC(=O)CC1. The van der Waals surface area contributed by atoms with Crippen LogP contribution in [0.3, 0.4) is 0 Å². The van der Waals surface area contributed by atoms with Gasteiger partial charge in [0.2, 0.25) is 0 Å². The van der Waals surface area contributed by atoms with Crippen molar-refractivity contribution in [1.29, 1.82) is 0 Å². The maximum Gasteiger partial charge on any atom is 0.133 e. The standard InChI is InChI=1S/C8H14OP/c1-10(2)8-5-3-7(9)4-6-8/h8H,1,3-6H2,2H3/q+1. The molecule has 0 amide bonds. The van der Waals surface area contributed by atoms with Gasteiger partial charge in [-0.15, -0.1) is 0 Å². The molecule has 1 fully saturated rings. The third-order valence-corrected chi connectivity index (χ3v) is 3.90. The highest BCUT2D eigenvalue weighted by Crippen LogP contribution is 2.33. The molecule has 0 saturated heterocycles. The van der Waals surface area contributed by atoms with Crippen molar-refractivity contribution in [3.05, 3.63) is 0 Å². The van der Waals surface area contributed by atoms with Crippen LogP contribution < -0.4 is 0 Å². The molecule has 1 aliphatic rings. The third-order valence-electron chi connectivity index (χ3n) is 2.14. The molecule has 1 nitrogen and oxygen atoms in total. The Morgan fingerprint density at radius 1 is 1.50 bits per heavy atom. The molecule has 1 atom stereocenters. The van der Waals surface area contributed by atoms with Crippen LogP contribution >= 0.6 is 7.55 Å². The van der Waals surface area contributed by atoms with Crippen LogP contribution in [0, 0.1) is 0 Å². The molecule has 0 aliphatic heterocycles. The molecule has 1 saturated carbocycles. The summed E-state index contributed by atoms with van der Waals surface area (Å²) in [6.45, 7) is 2.20. The Kier molecular flexibility index (Phi) is 2.62. The molecule has 0 spiro atoms. The van der Waals surface area contributed by atoms with E-state index in [4.69, 9.17) is 0 Å². The second kappa shape index (κ2) is 3.30. The van der Waals surface area contributed by atoms with E-state index in [0.717, 1.165) is 31.3 Å².